The second-order valence-electron chi connectivity index (χ2n) is 4.26. The SMILES string of the molecule is CC(=O)N[C@@H](CS(=O)CC(=O)Nc1ccccc1)C(=O)O. The molecule has 0 saturated heterocycles. The van der Waals surface area contributed by atoms with Gasteiger partial charge in [0.15, 0.2) is 0 Å². The topological polar surface area (TPSA) is 113 Å². The summed E-state index contributed by atoms with van der Waals surface area (Å²) in [5, 5.41) is 13.6. The molecule has 2 amide bonds. The van der Waals surface area contributed by atoms with E-state index in [0.29, 0.717) is 5.69 Å². The number of benzene rings is 1. The summed E-state index contributed by atoms with van der Waals surface area (Å²) in [5.74, 6) is -2.96. The van der Waals surface area contributed by atoms with Crippen molar-refractivity contribution in [1.29, 1.82) is 0 Å². The van der Waals surface area contributed by atoms with E-state index in [1.54, 1.807) is 30.3 Å². The average Bonchev–Trinajstić information content (AvgIpc) is 2.38. The summed E-state index contributed by atoms with van der Waals surface area (Å²) in [6, 6.07) is 7.36. The van der Waals surface area contributed by atoms with Gasteiger partial charge in [-0.1, -0.05) is 18.2 Å². The highest BCUT2D eigenvalue weighted by atomic mass is 32.2. The van der Waals surface area contributed by atoms with Gasteiger partial charge >= 0.3 is 5.97 Å². The first-order valence-electron chi connectivity index (χ1n) is 6.08. The van der Waals surface area contributed by atoms with Crippen LogP contribution in [0.1, 0.15) is 6.92 Å². The maximum atomic E-state index is 11.8. The Balaban J connectivity index is 2.50. The summed E-state index contributed by atoms with van der Waals surface area (Å²) in [5.41, 5.74) is 0.566. The first-order chi connectivity index (χ1) is 9.88. The Bertz CT molecular complexity index is 547. The largest absolute Gasteiger partial charge is 0.480 e. The van der Waals surface area contributed by atoms with Crippen molar-refractivity contribution >= 4 is 34.3 Å². The minimum absolute atomic E-state index is 0.322. The third-order valence-corrected chi connectivity index (χ3v) is 3.67. The number of rotatable bonds is 7. The number of hydrogen-bond acceptors (Lipinski definition) is 4. The number of amides is 2. The zero-order chi connectivity index (χ0) is 15.8. The van der Waals surface area contributed by atoms with Gasteiger partial charge in [0.2, 0.25) is 11.8 Å². The number of nitrogens with one attached hydrogen (secondary N) is 2. The molecular weight excluding hydrogens is 296 g/mol. The van der Waals surface area contributed by atoms with E-state index in [1.807, 2.05) is 0 Å². The molecule has 0 spiro atoms. The zero-order valence-corrected chi connectivity index (χ0v) is 12.2. The second kappa shape index (κ2) is 8.15. The summed E-state index contributed by atoms with van der Waals surface area (Å²) < 4.78 is 11.8. The van der Waals surface area contributed by atoms with Gasteiger partial charge in [0.1, 0.15) is 11.8 Å². The molecule has 0 aliphatic heterocycles. The van der Waals surface area contributed by atoms with E-state index in [0.717, 1.165) is 0 Å². The van der Waals surface area contributed by atoms with Gasteiger partial charge in [-0.25, -0.2) is 4.79 Å². The van der Waals surface area contributed by atoms with Crippen molar-refractivity contribution in [2.24, 2.45) is 0 Å². The molecular formula is C13H16N2O5S. The Morgan fingerprint density at radius 3 is 2.38 bits per heavy atom. The molecule has 1 aromatic rings. The van der Waals surface area contributed by atoms with Crippen LogP contribution in [0.15, 0.2) is 30.3 Å². The van der Waals surface area contributed by atoms with Gasteiger partial charge < -0.3 is 15.7 Å². The van der Waals surface area contributed by atoms with Crippen LogP contribution in [0.2, 0.25) is 0 Å². The van der Waals surface area contributed by atoms with Gasteiger partial charge in [-0.05, 0) is 12.1 Å². The molecule has 0 saturated carbocycles. The van der Waals surface area contributed by atoms with Crippen molar-refractivity contribution in [2.45, 2.75) is 13.0 Å². The summed E-state index contributed by atoms with van der Waals surface area (Å²) in [7, 11) is -1.70. The molecule has 1 rings (SSSR count). The van der Waals surface area contributed by atoms with Gasteiger partial charge in [-0.3, -0.25) is 13.8 Å². The fourth-order valence-electron chi connectivity index (χ4n) is 1.53. The summed E-state index contributed by atoms with van der Waals surface area (Å²) in [4.78, 5) is 33.4. The first-order valence-corrected chi connectivity index (χ1v) is 7.57. The lowest BCUT2D eigenvalue weighted by Gasteiger charge is -2.12. The summed E-state index contributed by atoms with van der Waals surface area (Å²) in [6.07, 6.45) is 0. The van der Waals surface area contributed by atoms with Crippen LogP contribution in [-0.2, 0) is 25.2 Å². The number of carbonyl (C=O) groups excluding carboxylic acids is 2. The Hall–Kier alpha value is -2.22. The molecule has 0 heterocycles. The monoisotopic (exact) mass is 312 g/mol. The number of aliphatic carboxylic acids is 1. The molecule has 0 fully saturated rings. The van der Waals surface area contributed by atoms with Gasteiger partial charge in [0.25, 0.3) is 0 Å². The molecule has 114 valence electrons. The molecule has 21 heavy (non-hydrogen) atoms. The zero-order valence-electron chi connectivity index (χ0n) is 11.4. The molecule has 0 aromatic heterocycles. The van der Waals surface area contributed by atoms with E-state index < -0.39 is 34.6 Å². The standard InChI is InChI=1S/C13H16N2O5S/c1-9(16)14-11(13(18)19)7-21(20)8-12(17)15-10-5-3-2-4-6-10/h2-6,11H,7-8H2,1H3,(H,14,16)(H,15,17)(H,18,19)/t11-,21?/m0/s1. The molecule has 0 radical (unpaired) electrons. The number of carboxylic acid groups (broad SMARTS) is 1. The molecule has 0 aliphatic carbocycles. The predicted molar refractivity (Wildman–Crippen MR) is 78.2 cm³/mol. The van der Waals surface area contributed by atoms with Crippen LogP contribution in [0.4, 0.5) is 5.69 Å². The van der Waals surface area contributed by atoms with Crippen LogP contribution in [0.25, 0.3) is 0 Å². The van der Waals surface area contributed by atoms with Crippen molar-refractivity contribution in [1.82, 2.24) is 5.32 Å². The van der Waals surface area contributed by atoms with Crippen LogP contribution in [0.5, 0.6) is 0 Å². The van der Waals surface area contributed by atoms with E-state index >= 15 is 0 Å². The highest BCUT2D eigenvalue weighted by Gasteiger charge is 2.22. The second-order valence-corrected chi connectivity index (χ2v) is 5.76. The Morgan fingerprint density at radius 2 is 1.86 bits per heavy atom. The molecule has 7 nitrogen and oxygen atoms in total. The summed E-state index contributed by atoms with van der Waals surface area (Å²) >= 11 is 0. The van der Waals surface area contributed by atoms with Crippen LogP contribution >= 0.6 is 0 Å². The van der Waals surface area contributed by atoms with E-state index in [9.17, 15) is 18.6 Å². The minimum Gasteiger partial charge on any atom is -0.480 e. The fraction of sp³-hybridized carbons (Fsp3) is 0.308. The molecule has 2 atom stereocenters. The van der Waals surface area contributed by atoms with Crippen LogP contribution < -0.4 is 10.6 Å². The van der Waals surface area contributed by atoms with Crippen molar-refractivity contribution in [3.05, 3.63) is 30.3 Å². The lowest BCUT2D eigenvalue weighted by molar-refractivity contribution is -0.140. The lowest BCUT2D eigenvalue weighted by atomic mass is 10.3. The molecule has 3 N–H and O–H groups in total. The third-order valence-electron chi connectivity index (χ3n) is 2.38. The number of carboxylic acids is 1. The molecule has 1 unspecified atom stereocenters. The Morgan fingerprint density at radius 1 is 1.24 bits per heavy atom. The van der Waals surface area contributed by atoms with Gasteiger partial charge in [-0.15, -0.1) is 0 Å². The van der Waals surface area contributed by atoms with E-state index in [-0.39, 0.29) is 11.5 Å². The number of hydrogen-bond donors (Lipinski definition) is 3. The Kier molecular flexibility index (Phi) is 6.54. The molecule has 8 heteroatoms. The predicted octanol–water partition coefficient (Wildman–Crippen LogP) is -0.0369. The molecule has 0 aliphatic rings. The van der Waals surface area contributed by atoms with Crippen molar-refractivity contribution in [2.75, 3.05) is 16.8 Å². The first kappa shape index (κ1) is 16.8. The highest BCUT2D eigenvalue weighted by Crippen LogP contribution is 2.04. The van der Waals surface area contributed by atoms with Gasteiger partial charge in [0.05, 0.1) is 5.75 Å². The molecule has 1 aromatic carbocycles. The fourth-order valence-corrected chi connectivity index (χ4v) is 2.61. The molecule has 0 bridgehead atoms. The quantitative estimate of drug-likeness (QED) is 0.654. The van der Waals surface area contributed by atoms with Crippen LogP contribution in [-0.4, -0.2) is 44.6 Å². The van der Waals surface area contributed by atoms with E-state index in [4.69, 9.17) is 5.11 Å². The van der Waals surface area contributed by atoms with Crippen molar-refractivity contribution in [3.8, 4) is 0 Å². The third kappa shape index (κ3) is 6.66. The Labute approximate surface area is 124 Å². The maximum Gasteiger partial charge on any atom is 0.327 e. The normalized spacial score (nSPS) is 13.0. The van der Waals surface area contributed by atoms with Gasteiger partial charge in [0, 0.05) is 23.4 Å². The number of para-hydroxylation sites is 1. The highest BCUT2D eigenvalue weighted by molar-refractivity contribution is 7.85. The van der Waals surface area contributed by atoms with Gasteiger partial charge in [-0.2, -0.15) is 0 Å². The smallest absolute Gasteiger partial charge is 0.327 e. The lowest BCUT2D eigenvalue weighted by Crippen LogP contribution is -2.44. The van der Waals surface area contributed by atoms with E-state index in [1.165, 1.54) is 6.92 Å². The summed E-state index contributed by atoms with van der Waals surface area (Å²) in [6.45, 7) is 1.17. The van der Waals surface area contributed by atoms with Crippen LogP contribution in [0.3, 0.4) is 0 Å². The van der Waals surface area contributed by atoms with Crippen LogP contribution in [0, 0.1) is 0 Å². The van der Waals surface area contributed by atoms with Crippen molar-refractivity contribution in [3.63, 3.8) is 0 Å². The van der Waals surface area contributed by atoms with Crippen molar-refractivity contribution < 1.29 is 23.7 Å². The number of anilines is 1. The number of carbonyl (C=O) groups is 3. The minimum atomic E-state index is -1.70. The average molecular weight is 312 g/mol. The van der Waals surface area contributed by atoms with E-state index in [2.05, 4.69) is 10.6 Å². The maximum absolute atomic E-state index is 11.8.